The minimum Gasteiger partial charge on any atom is -0.317 e. The fourth-order valence-corrected chi connectivity index (χ4v) is 2.34. The highest BCUT2D eigenvalue weighted by atomic mass is 35.5. The molecule has 0 fully saturated rings. The van der Waals surface area contributed by atoms with Crippen LogP contribution in [0.15, 0.2) is 0 Å². The largest absolute Gasteiger partial charge is 0.317 e. The summed E-state index contributed by atoms with van der Waals surface area (Å²) >= 11 is 6.30. The van der Waals surface area contributed by atoms with Crippen LogP contribution in [0.4, 0.5) is 0 Å². The van der Waals surface area contributed by atoms with E-state index in [4.69, 9.17) is 11.6 Å². The molecule has 16 heavy (non-hydrogen) atoms. The number of nitrogens with zero attached hydrogens (tertiary/aromatic N) is 2. The van der Waals surface area contributed by atoms with Gasteiger partial charge in [0, 0.05) is 13.1 Å². The highest BCUT2D eigenvalue weighted by molar-refractivity contribution is 6.31. The summed E-state index contributed by atoms with van der Waals surface area (Å²) in [5.41, 5.74) is 2.17. The number of rotatable bonds is 6. The normalized spacial score (nSPS) is 13.1. The van der Waals surface area contributed by atoms with Gasteiger partial charge >= 0.3 is 0 Å². The van der Waals surface area contributed by atoms with Gasteiger partial charge in [0.1, 0.15) is 0 Å². The Kier molecular flexibility index (Phi) is 5.29. The van der Waals surface area contributed by atoms with E-state index in [0.29, 0.717) is 6.04 Å². The van der Waals surface area contributed by atoms with E-state index >= 15 is 0 Å². The van der Waals surface area contributed by atoms with Gasteiger partial charge in [-0.3, -0.25) is 4.68 Å². The van der Waals surface area contributed by atoms with Crippen LogP contribution in [0.1, 0.15) is 38.1 Å². The zero-order chi connectivity index (χ0) is 12.1. The molecule has 0 aromatic carbocycles. The van der Waals surface area contributed by atoms with E-state index in [1.807, 2.05) is 18.8 Å². The van der Waals surface area contributed by atoms with Crippen LogP contribution >= 0.6 is 11.6 Å². The molecule has 0 aliphatic rings. The molecule has 4 heteroatoms. The van der Waals surface area contributed by atoms with Crippen molar-refractivity contribution in [1.82, 2.24) is 15.1 Å². The molecule has 1 atom stereocenters. The molecule has 0 saturated heterocycles. The van der Waals surface area contributed by atoms with Crippen LogP contribution in [0.2, 0.25) is 5.02 Å². The SMILES string of the molecule is CCc1nn(C)c(CCC(CC)NC)c1Cl. The van der Waals surface area contributed by atoms with E-state index in [1.54, 1.807) is 0 Å². The van der Waals surface area contributed by atoms with Crippen molar-refractivity contribution in [2.45, 2.75) is 45.6 Å². The van der Waals surface area contributed by atoms with Gasteiger partial charge < -0.3 is 5.32 Å². The molecule has 92 valence electrons. The second-order valence-electron chi connectivity index (χ2n) is 4.12. The Morgan fingerprint density at radius 2 is 2.12 bits per heavy atom. The summed E-state index contributed by atoms with van der Waals surface area (Å²) in [6.07, 6.45) is 4.14. The predicted molar refractivity (Wildman–Crippen MR) is 69.1 cm³/mol. The molecule has 1 aromatic heterocycles. The molecule has 0 spiro atoms. The zero-order valence-corrected chi connectivity index (χ0v) is 11.4. The summed E-state index contributed by atoms with van der Waals surface area (Å²) in [7, 11) is 3.98. The lowest BCUT2D eigenvalue weighted by Crippen LogP contribution is -2.25. The molecule has 1 heterocycles. The van der Waals surface area contributed by atoms with Gasteiger partial charge in [0.2, 0.25) is 0 Å². The van der Waals surface area contributed by atoms with Gasteiger partial charge in [-0.05, 0) is 32.7 Å². The van der Waals surface area contributed by atoms with Crippen LogP contribution in [0.5, 0.6) is 0 Å². The molecule has 0 bridgehead atoms. The maximum Gasteiger partial charge on any atom is 0.0849 e. The number of aromatic nitrogens is 2. The Morgan fingerprint density at radius 3 is 2.56 bits per heavy atom. The second-order valence-corrected chi connectivity index (χ2v) is 4.50. The zero-order valence-electron chi connectivity index (χ0n) is 10.7. The standard InChI is InChI=1S/C12H22ClN3/c1-5-9(14-3)7-8-11-12(13)10(6-2)15-16(11)4/h9,14H,5-8H2,1-4H3. The summed E-state index contributed by atoms with van der Waals surface area (Å²) in [5.74, 6) is 0. The lowest BCUT2D eigenvalue weighted by atomic mass is 10.1. The topological polar surface area (TPSA) is 29.9 Å². The van der Waals surface area contributed by atoms with Crippen LogP contribution in [0.3, 0.4) is 0 Å². The molecule has 1 aromatic rings. The maximum atomic E-state index is 6.30. The molecule has 0 aliphatic carbocycles. The summed E-state index contributed by atoms with van der Waals surface area (Å²) in [6.45, 7) is 4.28. The Balaban J connectivity index is 2.69. The smallest absolute Gasteiger partial charge is 0.0849 e. The van der Waals surface area contributed by atoms with Crippen molar-refractivity contribution in [1.29, 1.82) is 0 Å². The van der Waals surface area contributed by atoms with Crippen LogP contribution < -0.4 is 5.32 Å². The molecule has 1 N–H and O–H groups in total. The van der Waals surface area contributed by atoms with Crippen molar-refractivity contribution in [3.05, 3.63) is 16.4 Å². The molecule has 1 rings (SSSR count). The molecule has 0 aliphatic heterocycles. The summed E-state index contributed by atoms with van der Waals surface area (Å²) in [6, 6.07) is 0.566. The van der Waals surface area contributed by atoms with E-state index < -0.39 is 0 Å². The molecule has 0 radical (unpaired) electrons. The number of aryl methyl sites for hydroxylation is 2. The molecule has 0 saturated carbocycles. The van der Waals surface area contributed by atoms with E-state index in [9.17, 15) is 0 Å². The van der Waals surface area contributed by atoms with Crippen LogP contribution in [-0.2, 0) is 19.9 Å². The number of hydrogen-bond donors (Lipinski definition) is 1. The average Bonchev–Trinajstić information content (AvgIpc) is 2.56. The van der Waals surface area contributed by atoms with Crippen LogP contribution in [0, 0.1) is 0 Å². The highest BCUT2D eigenvalue weighted by Gasteiger charge is 2.14. The van der Waals surface area contributed by atoms with Gasteiger partial charge in [-0.1, -0.05) is 25.4 Å². The van der Waals surface area contributed by atoms with Crippen molar-refractivity contribution in [2.75, 3.05) is 7.05 Å². The van der Waals surface area contributed by atoms with E-state index in [1.165, 1.54) is 0 Å². The predicted octanol–water partition coefficient (Wildman–Crippen LogP) is 2.57. The van der Waals surface area contributed by atoms with Crippen molar-refractivity contribution in [3.63, 3.8) is 0 Å². The van der Waals surface area contributed by atoms with Gasteiger partial charge in [0.05, 0.1) is 16.4 Å². The summed E-state index contributed by atoms with van der Waals surface area (Å²) in [5, 5.41) is 8.59. The minimum absolute atomic E-state index is 0.566. The summed E-state index contributed by atoms with van der Waals surface area (Å²) in [4.78, 5) is 0. The second kappa shape index (κ2) is 6.26. The first-order valence-electron chi connectivity index (χ1n) is 6.01. The first-order valence-corrected chi connectivity index (χ1v) is 6.39. The van der Waals surface area contributed by atoms with Crippen molar-refractivity contribution >= 4 is 11.6 Å². The quantitative estimate of drug-likeness (QED) is 0.832. The molecular formula is C12H22ClN3. The first kappa shape index (κ1) is 13.5. The van der Waals surface area contributed by atoms with Gasteiger partial charge in [-0.25, -0.2) is 0 Å². The fourth-order valence-electron chi connectivity index (χ4n) is 1.95. The van der Waals surface area contributed by atoms with Crippen molar-refractivity contribution < 1.29 is 0 Å². The third-order valence-corrected chi connectivity index (χ3v) is 3.57. The molecule has 0 amide bonds. The third kappa shape index (κ3) is 2.98. The number of halogens is 1. The average molecular weight is 244 g/mol. The Bertz CT molecular complexity index is 329. The number of hydrogen-bond acceptors (Lipinski definition) is 2. The fraction of sp³-hybridized carbons (Fsp3) is 0.750. The Hall–Kier alpha value is -0.540. The highest BCUT2D eigenvalue weighted by Crippen LogP contribution is 2.22. The van der Waals surface area contributed by atoms with Gasteiger partial charge in [0.25, 0.3) is 0 Å². The minimum atomic E-state index is 0.566. The van der Waals surface area contributed by atoms with E-state index in [-0.39, 0.29) is 0 Å². The summed E-state index contributed by atoms with van der Waals surface area (Å²) < 4.78 is 1.92. The maximum absolute atomic E-state index is 6.30. The Labute approximate surface area is 103 Å². The lowest BCUT2D eigenvalue weighted by Gasteiger charge is -2.13. The van der Waals surface area contributed by atoms with E-state index in [0.717, 1.165) is 42.1 Å². The lowest BCUT2D eigenvalue weighted by molar-refractivity contribution is 0.500. The van der Waals surface area contributed by atoms with Crippen molar-refractivity contribution in [3.8, 4) is 0 Å². The number of nitrogens with one attached hydrogen (secondary N) is 1. The van der Waals surface area contributed by atoms with Gasteiger partial charge in [0.15, 0.2) is 0 Å². The molecular weight excluding hydrogens is 222 g/mol. The van der Waals surface area contributed by atoms with Gasteiger partial charge in [-0.15, -0.1) is 0 Å². The van der Waals surface area contributed by atoms with E-state index in [2.05, 4.69) is 24.3 Å². The molecule has 3 nitrogen and oxygen atoms in total. The van der Waals surface area contributed by atoms with Crippen molar-refractivity contribution in [2.24, 2.45) is 7.05 Å². The van der Waals surface area contributed by atoms with Crippen LogP contribution in [-0.4, -0.2) is 22.9 Å². The molecule has 1 unspecified atom stereocenters. The van der Waals surface area contributed by atoms with Gasteiger partial charge in [-0.2, -0.15) is 5.10 Å². The monoisotopic (exact) mass is 243 g/mol. The Morgan fingerprint density at radius 1 is 1.44 bits per heavy atom. The van der Waals surface area contributed by atoms with Crippen LogP contribution in [0.25, 0.3) is 0 Å². The third-order valence-electron chi connectivity index (χ3n) is 3.13. The first-order chi connectivity index (χ1) is 7.63.